The molecular formula is C17H12ClF2N3O. The fraction of sp³-hybridized carbons (Fsp3) is 0.0588. The molecule has 0 aliphatic carbocycles. The van der Waals surface area contributed by atoms with E-state index in [-0.39, 0.29) is 5.56 Å². The summed E-state index contributed by atoms with van der Waals surface area (Å²) in [4.78, 5) is 12.3. The van der Waals surface area contributed by atoms with E-state index in [1.807, 2.05) is 12.1 Å². The van der Waals surface area contributed by atoms with Crippen molar-refractivity contribution in [2.45, 2.75) is 6.43 Å². The first-order chi connectivity index (χ1) is 11.6. The van der Waals surface area contributed by atoms with Crippen LogP contribution in [0.25, 0.3) is 11.1 Å². The van der Waals surface area contributed by atoms with Gasteiger partial charge in [-0.25, -0.2) is 8.78 Å². The first kappa shape index (κ1) is 16.1. The number of nitrogens with zero attached hydrogens (tertiary/aromatic N) is 1. The second-order valence-electron chi connectivity index (χ2n) is 4.98. The number of hydrogen-bond donors (Lipinski definition) is 2. The maximum Gasteiger partial charge on any atom is 0.280 e. The fourth-order valence-electron chi connectivity index (χ4n) is 2.34. The summed E-state index contributed by atoms with van der Waals surface area (Å²) in [5, 5.41) is 8.83. The standard InChI is InChI=1S/C17H12ClF2N3O/c18-13-7-3-1-5-10(13)11-6-2-4-8-14(11)22-17(24)12-9-21-23-15(12)16(19)20/h1-9,16H,(H,21,23)(H,22,24). The van der Waals surface area contributed by atoms with Crippen LogP contribution in [0.1, 0.15) is 22.5 Å². The Morgan fingerprint density at radius 3 is 2.46 bits per heavy atom. The van der Waals surface area contributed by atoms with Crippen molar-refractivity contribution in [2.24, 2.45) is 0 Å². The second-order valence-corrected chi connectivity index (χ2v) is 5.38. The minimum absolute atomic E-state index is 0.195. The number of nitrogens with one attached hydrogen (secondary N) is 2. The van der Waals surface area contributed by atoms with E-state index in [1.165, 1.54) is 0 Å². The Kier molecular flexibility index (Phi) is 4.57. The molecule has 0 bridgehead atoms. The Morgan fingerprint density at radius 1 is 1.08 bits per heavy atom. The fourth-order valence-corrected chi connectivity index (χ4v) is 2.58. The van der Waals surface area contributed by atoms with Crippen LogP contribution in [-0.2, 0) is 0 Å². The Labute approximate surface area is 141 Å². The number of benzene rings is 2. The van der Waals surface area contributed by atoms with Crippen molar-refractivity contribution in [2.75, 3.05) is 5.32 Å². The lowest BCUT2D eigenvalue weighted by Crippen LogP contribution is -2.14. The molecular weight excluding hydrogens is 336 g/mol. The van der Waals surface area contributed by atoms with Crippen LogP contribution < -0.4 is 5.32 Å². The maximum atomic E-state index is 12.9. The van der Waals surface area contributed by atoms with Crippen LogP contribution in [0.3, 0.4) is 0 Å². The minimum Gasteiger partial charge on any atom is -0.321 e. The molecule has 24 heavy (non-hydrogen) atoms. The summed E-state index contributed by atoms with van der Waals surface area (Å²) < 4.78 is 25.8. The minimum atomic E-state index is -2.81. The third-order valence-corrected chi connectivity index (χ3v) is 3.80. The van der Waals surface area contributed by atoms with Crippen LogP contribution in [0.15, 0.2) is 54.7 Å². The molecule has 1 heterocycles. The average molecular weight is 348 g/mol. The topological polar surface area (TPSA) is 57.8 Å². The van der Waals surface area contributed by atoms with Gasteiger partial charge >= 0.3 is 0 Å². The van der Waals surface area contributed by atoms with Crippen LogP contribution in [-0.4, -0.2) is 16.1 Å². The van der Waals surface area contributed by atoms with Crippen molar-refractivity contribution in [3.8, 4) is 11.1 Å². The molecule has 0 saturated heterocycles. The number of rotatable bonds is 4. The second kappa shape index (κ2) is 6.80. The lowest BCUT2D eigenvalue weighted by Gasteiger charge is -2.12. The van der Waals surface area contributed by atoms with Gasteiger partial charge in [0.2, 0.25) is 0 Å². The molecule has 2 N–H and O–H groups in total. The molecule has 1 amide bonds. The van der Waals surface area contributed by atoms with Gasteiger partial charge in [-0.1, -0.05) is 48.0 Å². The number of amides is 1. The average Bonchev–Trinajstić information content (AvgIpc) is 3.06. The van der Waals surface area contributed by atoms with Gasteiger partial charge in [0.25, 0.3) is 12.3 Å². The number of carbonyl (C=O) groups is 1. The summed E-state index contributed by atoms with van der Waals surface area (Å²) in [6, 6.07) is 14.2. The number of alkyl halides is 2. The highest BCUT2D eigenvalue weighted by molar-refractivity contribution is 6.33. The molecule has 0 aliphatic heterocycles. The zero-order chi connectivity index (χ0) is 17.1. The zero-order valence-electron chi connectivity index (χ0n) is 12.3. The summed E-state index contributed by atoms with van der Waals surface area (Å²) in [6.07, 6.45) is -1.73. The lowest BCUT2D eigenvalue weighted by molar-refractivity contribution is 0.101. The number of aromatic amines is 1. The summed E-state index contributed by atoms with van der Waals surface area (Å²) in [7, 11) is 0. The lowest BCUT2D eigenvalue weighted by atomic mass is 10.0. The first-order valence-corrected chi connectivity index (χ1v) is 7.42. The molecule has 1 aromatic heterocycles. The van der Waals surface area contributed by atoms with E-state index in [4.69, 9.17) is 11.6 Å². The van der Waals surface area contributed by atoms with Crippen molar-refractivity contribution in [1.29, 1.82) is 0 Å². The normalized spacial score (nSPS) is 10.8. The third kappa shape index (κ3) is 3.14. The highest BCUT2D eigenvalue weighted by Gasteiger charge is 2.21. The highest BCUT2D eigenvalue weighted by atomic mass is 35.5. The molecule has 0 aliphatic rings. The van der Waals surface area contributed by atoms with E-state index in [9.17, 15) is 13.6 Å². The molecule has 0 spiro atoms. The first-order valence-electron chi connectivity index (χ1n) is 7.04. The molecule has 122 valence electrons. The van der Waals surface area contributed by atoms with E-state index in [0.717, 1.165) is 11.8 Å². The van der Waals surface area contributed by atoms with Gasteiger partial charge in [-0.3, -0.25) is 9.89 Å². The van der Waals surface area contributed by atoms with Crippen LogP contribution >= 0.6 is 11.6 Å². The summed E-state index contributed by atoms with van der Waals surface area (Å²) >= 11 is 6.21. The summed E-state index contributed by atoms with van der Waals surface area (Å²) in [6.45, 7) is 0. The SMILES string of the molecule is O=C(Nc1ccccc1-c1ccccc1Cl)c1cn[nH]c1C(F)F. The van der Waals surface area contributed by atoms with Crippen molar-refractivity contribution in [3.05, 3.63) is 71.0 Å². The van der Waals surface area contributed by atoms with Gasteiger partial charge in [-0.05, 0) is 12.1 Å². The van der Waals surface area contributed by atoms with Crippen LogP contribution in [0, 0.1) is 0 Å². The molecule has 2 aromatic carbocycles. The number of anilines is 1. The zero-order valence-corrected chi connectivity index (χ0v) is 13.0. The van der Waals surface area contributed by atoms with Crippen molar-refractivity contribution < 1.29 is 13.6 Å². The van der Waals surface area contributed by atoms with Crippen molar-refractivity contribution in [3.63, 3.8) is 0 Å². The molecule has 0 radical (unpaired) electrons. The number of H-pyrrole nitrogens is 1. The van der Waals surface area contributed by atoms with E-state index in [1.54, 1.807) is 36.4 Å². The van der Waals surface area contributed by atoms with Gasteiger partial charge in [-0.2, -0.15) is 5.10 Å². The van der Waals surface area contributed by atoms with Crippen LogP contribution in [0.4, 0.5) is 14.5 Å². The summed E-state index contributed by atoms with van der Waals surface area (Å²) in [5.41, 5.74) is 1.19. The van der Waals surface area contributed by atoms with Crippen LogP contribution in [0.2, 0.25) is 5.02 Å². The van der Waals surface area contributed by atoms with E-state index in [2.05, 4.69) is 15.5 Å². The Morgan fingerprint density at radius 2 is 1.75 bits per heavy atom. The molecule has 3 rings (SSSR count). The largest absolute Gasteiger partial charge is 0.321 e. The molecule has 0 atom stereocenters. The van der Waals surface area contributed by atoms with Crippen molar-refractivity contribution in [1.82, 2.24) is 10.2 Å². The monoisotopic (exact) mass is 347 g/mol. The smallest absolute Gasteiger partial charge is 0.280 e. The van der Waals surface area contributed by atoms with Crippen LogP contribution in [0.5, 0.6) is 0 Å². The molecule has 4 nitrogen and oxygen atoms in total. The molecule has 0 unspecified atom stereocenters. The number of halogens is 3. The van der Waals surface area contributed by atoms with E-state index in [0.29, 0.717) is 16.3 Å². The predicted molar refractivity (Wildman–Crippen MR) is 88.4 cm³/mol. The van der Waals surface area contributed by atoms with Gasteiger partial charge in [0, 0.05) is 21.8 Å². The van der Waals surface area contributed by atoms with E-state index < -0.39 is 18.0 Å². The van der Waals surface area contributed by atoms with Gasteiger partial charge in [0.1, 0.15) is 5.69 Å². The Balaban J connectivity index is 1.96. The third-order valence-electron chi connectivity index (χ3n) is 3.47. The maximum absolute atomic E-state index is 12.9. The van der Waals surface area contributed by atoms with Crippen molar-refractivity contribution >= 4 is 23.2 Å². The Bertz CT molecular complexity index is 880. The molecule has 0 fully saturated rings. The number of carbonyl (C=O) groups excluding carboxylic acids is 1. The number of para-hydroxylation sites is 1. The number of aromatic nitrogens is 2. The highest BCUT2D eigenvalue weighted by Crippen LogP contribution is 2.33. The predicted octanol–water partition coefficient (Wildman–Crippen LogP) is 4.92. The molecule has 0 saturated carbocycles. The van der Waals surface area contributed by atoms with Gasteiger partial charge in [0.15, 0.2) is 0 Å². The van der Waals surface area contributed by atoms with E-state index >= 15 is 0 Å². The van der Waals surface area contributed by atoms with Gasteiger partial charge in [0.05, 0.1) is 11.8 Å². The number of hydrogen-bond acceptors (Lipinski definition) is 2. The summed E-state index contributed by atoms with van der Waals surface area (Å²) in [5.74, 6) is -0.668. The molecule has 7 heteroatoms. The quantitative estimate of drug-likeness (QED) is 0.703. The van der Waals surface area contributed by atoms with Gasteiger partial charge < -0.3 is 5.32 Å². The van der Waals surface area contributed by atoms with Gasteiger partial charge in [-0.15, -0.1) is 0 Å². The molecule has 3 aromatic rings. The Hall–Kier alpha value is -2.73.